The van der Waals surface area contributed by atoms with Crippen molar-refractivity contribution < 1.29 is 5.21 Å². The van der Waals surface area contributed by atoms with Gasteiger partial charge in [-0.25, -0.2) is 0 Å². The summed E-state index contributed by atoms with van der Waals surface area (Å²) in [7, 11) is 6.26. The highest BCUT2D eigenvalue weighted by atomic mass is 35.5. The zero-order valence-electron chi connectivity index (χ0n) is 12.8. The molecule has 1 aliphatic rings. The van der Waals surface area contributed by atoms with Gasteiger partial charge in [-0.05, 0) is 45.5 Å². The Kier molecular flexibility index (Phi) is 4.64. The monoisotopic (exact) mass is 310 g/mol. The molecule has 0 unspecified atom stereocenters. The van der Waals surface area contributed by atoms with E-state index in [0.29, 0.717) is 10.6 Å². The highest BCUT2D eigenvalue weighted by Gasteiger charge is 2.40. The molecule has 0 saturated heterocycles. The first kappa shape index (κ1) is 15.9. The molecule has 0 heterocycles. The van der Waals surface area contributed by atoms with Crippen LogP contribution in [0.15, 0.2) is 23.4 Å². The molecule has 1 aromatic rings. The molecule has 0 spiro atoms. The average Bonchev–Trinajstić information content (AvgIpc) is 2.41. The van der Waals surface area contributed by atoms with Crippen LogP contribution >= 0.6 is 11.6 Å². The van der Waals surface area contributed by atoms with Crippen molar-refractivity contribution in [2.45, 2.75) is 24.8 Å². The molecule has 0 bridgehead atoms. The molecule has 1 saturated carbocycles. The number of oxime groups is 1. The lowest BCUT2D eigenvalue weighted by Gasteiger charge is -2.49. The predicted molar refractivity (Wildman–Crippen MR) is 87.5 cm³/mol. The molecule has 0 amide bonds. The standard InChI is InChI=1S/C15H23ClN4O/c1-19(2)15(8-5-9-15)10-20(3)12-7-4-6-11(16)13(12)14(17)18-21/h4,6-7,21H,5,8-10H2,1-3H3,(H2,17,18). The van der Waals surface area contributed by atoms with Crippen molar-refractivity contribution in [2.24, 2.45) is 10.9 Å². The number of halogens is 1. The summed E-state index contributed by atoms with van der Waals surface area (Å²) in [6.45, 7) is 0.881. The number of hydrogen-bond acceptors (Lipinski definition) is 4. The molecule has 6 heteroatoms. The molecule has 1 aromatic carbocycles. The second-order valence-corrected chi connectivity index (χ2v) is 6.35. The van der Waals surface area contributed by atoms with Gasteiger partial charge in [-0.3, -0.25) is 0 Å². The summed E-state index contributed by atoms with van der Waals surface area (Å²) in [6, 6.07) is 5.57. The number of nitrogens with zero attached hydrogens (tertiary/aromatic N) is 3. The SMILES string of the molecule is CN(CC1(N(C)C)CCC1)c1cccc(Cl)c1/C(N)=N/O. The Hall–Kier alpha value is -1.46. The molecule has 3 N–H and O–H groups in total. The van der Waals surface area contributed by atoms with E-state index < -0.39 is 0 Å². The fourth-order valence-electron chi connectivity index (χ4n) is 2.99. The molecule has 5 nitrogen and oxygen atoms in total. The lowest BCUT2D eigenvalue weighted by atomic mass is 9.75. The summed E-state index contributed by atoms with van der Waals surface area (Å²) < 4.78 is 0. The van der Waals surface area contributed by atoms with Gasteiger partial charge in [0, 0.05) is 24.8 Å². The zero-order chi connectivity index (χ0) is 15.6. The van der Waals surface area contributed by atoms with E-state index in [4.69, 9.17) is 22.5 Å². The topological polar surface area (TPSA) is 65.1 Å². The van der Waals surface area contributed by atoms with Crippen LogP contribution in [0.3, 0.4) is 0 Å². The summed E-state index contributed by atoms with van der Waals surface area (Å²) >= 11 is 6.22. The number of hydrogen-bond donors (Lipinski definition) is 2. The highest BCUT2D eigenvalue weighted by molar-refractivity contribution is 6.34. The first-order valence-electron chi connectivity index (χ1n) is 7.06. The predicted octanol–water partition coefficient (Wildman–Crippen LogP) is 2.35. The van der Waals surface area contributed by atoms with Crippen LogP contribution in [0.2, 0.25) is 5.02 Å². The molecule has 0 aliphatic heterocycles. The number of anilines is 1. The molecule has 0 radical (unpaired) electrons. The van der Waals surface area contributed by atoms with Crippen LogP contribution in [0.5, 0.6) is 0 Å². The molecular formula is C15H23ClN4O. The first-order chi connectivity index (χ1) is 9.91. The van der Waals surface area contributed by atoms with Crippen molar-refractivity contribution in [3.8, 4) is 0 Å². The highest BCUT2D eigenvalue weighted by Crippen LogP contribution is 2.38. The van der Waals surface area contributed by atoms with Gasteiger partial charge in [0.05, 0.1) is 10.6 Å². The van der Waals surface area contributed by atoms with Gasteiger partial charge in [0.25, 0.3) is 0 Å². The maximum Gasteiger partial charge on any atom is 0.173 e. The Morgan fingerprint density at radius 2 is 2.05 bits per heavy atom. The fourth-order valence-corrected chi connectivity index (χ4v) is 3.26. The van der Waals surface area contributed by atoms with Crippen LogP contribution in [0.1, 0.15) is 24.8 Å². The van der Waals surface area contributed by atoms with E-state index in [0.717, 1.165) is 12.2 Å². The van der Waals surface area contributed by atoms with Crippen molar-refractivity contribution in [1.82, 2.24) is 4.90 Å². The number of benzene rings is 1. The third kappa shape index (κ3) is 2.94. The lowest BCUT2D eigenvalue weighted by Crippen LogP contribution is -2.57. The van der Waals surface area contributed by atoms with Crippen LogP contribution in [0, 0.1) is 0 Å². The van der Waals surface area contributed by atoms with Gasteiger partial charge < -0.3 is 20.7 Å². The van der Waals surface area contributed by atoms with E-state index >= 15 is 0 Å². The van der Waals surface area contributed by atoms with E-state index in [1.54, 1.807) is 6.07 Å². The van der Waals surface area contributed by atoms with E-state index in [1.165, 1.54) is 19.3 Å². The van der Waals surface area contributed by atoms with Crippen LogP contribution in [-0.4, -0.2) is 49.2 Å². The maximum absolute atomic E-state index is 8.97. The van der Waals surface area contributed by atoms with Crippen LogP contribution in [-0.2, 0) is 0 Å². The summed E-state index contributed by atoms with van der Waals surface area (Å²) in [6.07, 6.45) is 3.63. The Morgan fingerprint density at radius 1 is 1.38 bits per heavy atom. The normalized spacial score (nSPS) is 17.7. The van der Waals surface area contributed by atoms with Crippen molar-refractivity contribution in [2.75, 3.05) is 32.6 Å². The second kappa shape index (κ2) is 6.12. The molecule has 1 aliphatic carbocycles. The van der Waals surface area contributed by atoms with E-state index in [9.17, 15) is 0 Å². The van der Waals surface area contributed by atoms with Crippen molar-refractivity contribution in [3.05, 3.63) is 28.8 Å². The van der Waals surface area contributed by atoms with Gasteiger partial charge in [-0.1, -0.05) is 22.8 Å². The minimum absolute atomic E-state index is 0.0370. The molecule has 21 heavy (non-hydrogen) atoms. The number of rotatable bonds is 5. The Labute approximate surface area is 131 Å². The minimum Gasteiger partial charge on any atom is -0.409 e. The fraction of sp³-hybridized carbons (Fsp3) is 0.533. The van der Waals surface area contributed by atoms with Gasteiger partial charge in [-0.2, -0.15) is 0 Å². The lowest BCUT2D eigenvalue weighted by molar-refractivity contribution is 0.0683. The molecule has 2 rings (SSSR count). The van der Waals surface area contributed by atoms with Gasteiger partial charge in [0.2, 0.25) is 0 Å². The number of amidine groups is 1. The van der Waals surface area contributed by atoms with Gasteiger partial charge in [-0.15, -0.1) is 0 Å². The average molecular weight is 311 g/mol. The van der Waals surface area contributed by atoms with Crippen LogP contribution < -0.4 is 10.6 Å². The molecule has 0 atom stereocenters. The van der Waals surface area contributed by atoms with Crippen LogP contribution in [0.25, 0.3) is 0 Å². The summed E-state index contributed by atoms with van der Waals surface area (Å²) in [5.74, 6) is 0.0370. The summed E-state index contributed by atoms with van der Waals surface area (Å²) in [5, 5.41) is 12.6. The maximum atomic E-state index is 8.97. The zero-order valence-corrected chi connectivity index (χ0v) is 13.6. The van der Waals surface area contributed by atoms with E-state index in [2.05, 4.69) is 29.1 Å². The first-order valence-corrected chi connectivity index (χ1v) is 7.44. The molecule has 1 fully saturated rings. The Bertz CT molecular complexity index is 540. The molecular weight excluding hydrogens is 288 g/mol. The van der Waals surface area contributed by atoms with Crippen molar-refractivity contribution >= 4 is 23.1 Å². The minimum atomic E-state index is 0.0370. The summed E-state index contributed by atoms with van der Waals surface area (Å²) in [5.41, 5.74) is 7.44. The van der Waals surface area contributed by atoms with Crippen LogP contribution in [0.4, 0.5) is 5.69 Å². The number of likely N-dealkylation sites (N-methyl/N-ethyl adjacent to an activating group) is 2. The Morgan fingerprint density at radius 3 is 2.52 bits per heavy atom. The molecule has 0 aromatic heterocycles. The van der Waals surface area contributed by atoms with Gasteiger partial charge in [0.15, 0.2) is 5.84 Å². The van der Waals surface area contributed by atoms with Gasteiger partial charge >= 0.3 is 0 Å². The number of nitrogens with two attached hydrogens (primary N) is 1. The third-order valence-corrected chi connectivity index (χ3v) is 4.85. The molecule has 116 valence electrons. The second-order valence-electron chi connectivity index (χ2n) is 5.95. The summed E-state index contributed by atoms with van der Waals surface area (Å²) in [4.78, 5) is 4.43. The van der Waals surface area contributed by atoms with Crippen molar-refractivity contribution in [1.29, 1.82) is 0 Å². The third-order valence-electron chi connectivity index (χ3n) is 4.53. The Balaban J connectivity index is 2.31. The smallest absolute Gasteiger partial charge is 0.173 e. The van der Waals surface area contributed by atoms with E-state index in [-0.39, 0.29) is 11.4 Å². The van der Waals surface area contributed by atoms with Gasteiger partial charge in [0.1, 0.15) is 0 Å². The van der Waals surface area contributed by atoms with E-state index in [1.807, 2.05) is 19.2 Å². The van der Waals surface area contributed by atoms with Crippen molar-refractivity contribution in [3.63, 3.8) is 0 Å². The quantitative estimate of drug-likeness (QED) is 0.379. The largest absolute Gasteiger partial charge is 0.409 e.